The zero-order chi connectivity index (χ0) is 4.50. The molecule has 0 atom stereocenters. The third kappa shape index (κ3) is 1820. The van der Waals surface area contributed by atoms with Gasteiger partial charge in [-0.05, 0) is 0 Å². The summed E-state index contributed by atoms with van der Waals surface area (Å²) in [4.78, 5) is 21.6. The Balaban J connectivity index is -0.000000000667. The van der Waals surface area contributed by atoms with Crippen LogP contribution in [-0.4, -0.2) is 80.4 Å². The summed E-state index contributed by atoms with van der Waals surface area (Å²) < 4.78 is 8.88. The zero-order valence-corrected chi connectivity index (χ0v) is 18.1. The fourth-order valence-corrected chi connectivity index (χ4v) is 0. The molecule has 0 amide bonds. The van der Waals surface area contributed by atoms with Crippen LogP contribution < -0.4 is 0 Å². The minimum atomic E-state index is -4.64. The summed E-state index contributed by atoms with van der Waals surface area (Å²) in [5.74, 6) is 0. The Hall–Kier alpha value is 2.24. The van der Waals surface area contributed by atoms with E-state index in [1.807, 2.05) is 0 Å². The molecule has 0 saturated heterocycles. The van der Waals surface area contributed by atoms with Gasteiger partial charge in [0.1, 0.15) is 0 Å². The summed E-state index contributed by atoms with van der Waals surface area (Å²) in [6, 6.07) is 0. The predicted molar refractivity (Wildman–Crippen MR) is 47.4 cm³/mol. The van der Waals surface area contributed by atoms with E-state index in [9.17, 15) is 0 Å². The molecule has 0 fully saturated rings. The third-order valence-corrected chi connectivity index (χ3v) is 0. The molecule has 0 spiro atoms. The largest absolute Gasteiger partial charge is 0.870 e. The standard InChI is InChI=1S/H3O4P.13H2O.3Zr/c1-5(2,3)4;;;;;;;;;;;;;;;;/h(H3,1,2,3,4);13*1H2;;;/p-8. The molecule has 21 N–H and O–H groups in total. The van der Waals surface area contributed by atoms with Gasteiger partial charge in [-0.15, -0.1) is 0 Å². The molecule has 0 bridgehead atoms. The van der Waals surface area contributed by atoms with Gasteiger partial charge in [-0.25, -0.2) is 4.57 Å². The Bertz CT molecular complexity index is 64.2. The maximum Gasteiger partial charge on any atom is 0.466 e. The molecule has 0 aromatic carbocycles. The minimum Gasteiger partial charge on any atom is -0.870 e. The normalized spacial score (nSPS) is 2.81. The van der Waals surface area contributed by atoms with Crippen LogP contribution in [0, 0.1) is 0 Å². The maximum absolute atomic E-state index is 8.88. The second-order valence-electron chi connectivity index (χ2n) is 0.513. The summed E-state index contributed by atoms with van der Waals surface area (Å²) in [5.41, 5.74) is 0. The number of hydrogen-bond acceptors (Lipinski definition) is 10. The van der Waals surface area contributed by atoms with Crippen molar-refractivity contribution in [3.8, 4) is 0 Å². The smallest absolute Gasteiger partial charge is 0.466 e. The van der Waals surface area contributed by atoms with Crippen molar-refractivity contribution in [1.82, 2.24) is 0 Å². The van der Waals surface area contributed by atoms with Crippen LogP contribution in [0.3, 0.4) is 0 Å². The topological polar surface area (TPSA) is 475 Å². The van der Waals surface area contributed by atoms with Crippen molar-refractivity contribution < 1.29 is 169 Å². The Labute approximate surface area is 175 Å². The molecule has 0 aromatic rings. The number of rotatable bonds is 0. The Morgan fingerprint density at radius 2 is 0.476 bits per heavy atom. The fraction of sp³-hybridized carbons (Fsp3) is 0. The van der Waals surface area contributed by atoms with Crippen LogP contribution in [0.5, 0.6) is 0 Å². The molecule has 0 radical (unpaired) electrons. The van der Waals surface area contributed by atoms with Crippen molar-refractivity contribution in [1.29, 1.82) is 0 Å². The van der Waals surface area contributed by atoms with E-state index in [1.54, 1.807) is 0 Å². The summed E-state index contributed by atoms with van der Waals surface area (Å²) in [7, 11) is -4.64. The minimum absolute atomic E-state index is 0. The second-order valence-corrected chi connectivity index (χ2v) is 1.54. The van der Waals surface area contributed by atoms with E-state index in [-0.39, 0.29) is 150 Å². The van der Waals surface area contributed by atoms with Crippen molar-refractivity contribution in [3.05, 3.63) is 0 Å². The van der Waals surface area contributed by atoms with Gasteiger partial charge in [0.2, 0.25) is 0 Å². The van der Waals surface area contributed by atoms with E-state index in [1.165, 1.54) is 0 Å². The van der Waals surface area contributed by atoms with Crippen LogP contribution in [0.4, 0.5) is 0 Å². The van der Waals surface area contributed by atoms with E-state index < -0.39 is 7.82 Å². The molecule has 148 valence electrons. The first-order valence-electron chi connectivity index (χ1n) is 0.783. The molecule has 21 heteroatoms. The summed E-state index contributed by atoms with van der Waals surface area (Å²) in [6.07, 6.45) is 0. The molecule has 21 heavy (non-hydrogen) atoms. The number of phosphoric acid groups is 1. The van der Waals surface area contributed by atoms with E-state index in [0.29, 0.717) is 0 Å². The molecule has 17 nitrogen and oxygen atoms in total. The molecule has 0 saturated carbocycles. The Kier molecular flexibility index (Phi) is 2080. The van der Waals surface area contributed by atoms with E-state index >= 15 is 0 Å². The maximum atomic E-state index is 8.88. The van der Waals surface area contributed by atoms with Crippen molar-refractivity contribution in [2.24, 2.45) is 0 Å². The fourth-order valence-electron chi connectivity index (χ4n) is 0. The Morgan fingerprint density at radius 3 is 0.476 bits per heavy atom. The van der Waals surface area contributed by atoms with E-state index in [2.05, 4.69) is 0 Å². The van der Waals surface area contributed by atoms with Crippen LogP contribution >= 0.6 is 7.82 Å². The average molecular weight is 598 g/mol. The van der Waals surface area contributed by atoms with Crippen molar-refractivity contribution in [2.75, 3.05) is 0 Å². The molecular weight excluding hydrogens is 577 g/mol. The number of hydrogen-bond donors (Lipinski definition) is 3. The molecule has 0 heterocycles. The first kappa shape index (κ1) is 295. The van der Waals surface area contributed by atoms with Gasteiger partial charge < -0.3 is 85.9 Å². The Morgan fingerprint density at radius 1 is 0.476 bits per heavy atom. The van der Waals surface area contributed by atoms with Gasteiger partial charge in [0.15, 0.2) is 0 Å². The van der Waals surface area contributed by atoms with Gasteiger partial charge in [0.05, 0.1) is 0 Å². The van der Waals surface area contributed by atoms with Gasteiger partial charge >= 0.3 is 7.82 Å². The molecule has 0 rings (SSSR count). The molecule has 0 aromatic heterocycles. The van der Waals surface area contributed by atoms with Crippen LogP contribution in [0.25, 0.3) is 0 Å². The SMILES string of the molecule is O.O.O.O=P(O)(O)O.[OH-].[OH-].[OH-].[OH-].[OH-].[OH-].[OH-].[OH-].[OH-].[OH3+].[Zr].[Zr].[Zr]. The van der Waals surface area contributed by atoms with Crippen LogP contribution in [0.1, 0.15) is 0 Å². The van der Waals surface area contributed by atoms with Crippen LogP contribution in [0.15, 0.2) is 0 Å². The average Bonchev–Trinajstić information content (AvgIpc) is 0.722. The van der Waals surface area contributed by atoms with Crippen molar-refractivity contribution in [3.63, 3.8) is 0 Å². The monoisotopic (exact) mass is 594 g/mol. The molecule has 0 aliphatic rings. The van der Waals surface area contributed by atoms with Crippen molar-refractivity contribution in [2.45, 2.75) is 0 Å². The molecule has 0 unspecified atom stereocenters. The summed E-state index contributed by atoms with van der Waals surface area (Å²) >= 11 is 0. The van der Waals surface area contributed by atoms with E-state index in [0.717, 1.165) is 0 Å². The molecular formula is H21O17PZr3-8. The third-order valence-electron chi connectivity index (χ3n) is 0. The van der Waals surface area contributed by atoms with E-state index in [4.69, 9.17) is 19.2 Å². The van der Waals surface area contributed by atoms with Gasteiger partial charge in [-0.2, -0.15) is 0 Å². The van der Waals surface area contributed by atoms with Gasteiger partial charge in [0.25, 0.3) is 0 Å². The van der Waals surface area contributed by atoms with Crippen LogP contribution in [0.2, 0.25) is 0 Å². The predicted octanol–water partition coefficient (Wildman–Crippen LogP) is -5.92. The second kappa shape index (κ2) is 148. The van der Waals surface area contributed by atoms with Gasteiger partial charge in [-0.1, -0.05) is 0 Å². The molecule has 0 aliphatic carbocycles. The van der Waals surface area contributed by atoms with Crippen molar-refractivity contribution >= 4 is 7.82 Å². The van der Waals surface area contributed by atoms with Crippen LogP contribution in [-0.2, 0) is 88.7 Å². The molecule has 0 aliphatic heterocycles. The summed E-state index contributed by atoms with van der Waals surface area (Å²) in [6.45, 7) is 0. The summed E-state index contributed by atoms with van der Waals surface area (Å²) in [5, 5.41) is 0. The quantitative estimate of drug-likeness (QED) is 0.173. The van der Waals surface area contributed by atoms with Gasteiger partial charge in [-0.3, -0.25) is 0 Å². The first-order valence-corrected chi connectivity index (χ1v) is 2.35. The van der Waals surface area contributed by atoms with Gasteiger partial charge in [0, 0.05) is 78.6 Å². The zero-order valence-electron chi connectivity index (χ0n) is 9.80. The first-order chi connectivity index (χ1) is 2.00.